The number of aromatic hydroxyl groups is 1. The van der Waals surface area contributed by atoms with Crippen LogP contribution in [0.4, 0.5) is 0 Å². The highest BCUT2D eigenvalue weighted by Crippen LogP contribution is 2.29. The number of aryl methyl sites for hydroxylation is 1. The third-order valence-electron chi connectivity index (χ3n) is 4.00. The van der Waals surface area contributed by atoms with Crippen molar-refractivity contribution >= 4 is 5.91 Å². The van der Waals surface area contributed by atoms with Crippen LogP contribution >= 0.6 is 0 Å². The zero-order valence-electron chi connectivity index (χ0n) is 11.9. The number of benzene rings is 1. The molecule has 2 rings (SSSR count). The van der Waals surface area contributed by atoms with Gasteiger partial charge in [0.05, 0.1) is 5.56 Å². The van der Waals surface area contributed by atoms with Crippen LogP contribution in [0.3, 0.4) is 0 Å². The molecular formula is C16H23NO2. The molecule has 0 radical (unpaired) electrons. The van der Waals surface area contributed by atoms with Gasteiger partial charge in [0.25, 0.3) is 5.91 Å². The first-order valence-corrected chi connectivity index (χ1v) is 7.06. The van der Waals surface area contributed by atoms with Gasteiger partial charge in [-0.3, -0.25) is 4.79 Å². The standard InChI is InChI=1S/C16H23NO2/c1-10-7-11(2)9-13(8-10)17-16(19)14-6-4-5-12(3)15(14)18/h4-6,10-11,13,18H,7-9H2,1-3H3,(H,17,19). The lowest BCUT2D eigenvalue weighted by Gasteiger charge is -2.32. The molecule has 1 aromatic carbocycles. The average Bonchev–Trinajstić information content (AvgIpc) is 2.31. The Bertz CT molecular complexity index is 460. The summed E-state index contributed by atoms with van der Waals surface area (Å²) in [5, 5.41) is 13.0. The Kier molecular flexibility index (Phi) is 4.13. The lowest BCUT2D eigenvalue weighted by Crippen LogP contribution is -2.40. The topological polar surface area (TPSA) is 49.3 Å². The quantitative estimate of drug-likeness (QED) is 0.858. The van der Waals surface area contributed by atoms with Gasteiger partial charge in [-0.1, -0.05) is 26.0 Å². The van der Waals surface area contributed by atoms with Gasteiger partial charge >= 0.3 is 0 Å². The maximum absolute atomic E-state index is 12.2. The number of nitrogens with one attached hydrogen (secondary N) is 1. The molecule has 0 aliphatic heterocycles. The molecule has 2 N–H and O–H groups in total. The molecule has 3 nitrogen and oxygen atoms in total. The summed E-state index contributed by atoms with van der Waals surface area (Å²) in [5.41, 5.74) is 1.11. The summed E-state index contributed by atoms with van der Waals surface area (Å²) in [4.78, 5) is 12.2. The van der Waals surface area contributed by atoms with E-state index in [1.54, 1.807) is 25.1 Å². The Morgan fingerprint density at radius 1 is 1.21 bits per heavy atom. The zero-order chi connectivity index (χ0) is 14.0. The number of carbonyl (C=O) groups excluding carboxylic acids is 1. The molecule has 0 bridgehead atoms. The van der Waals surface area contributed by atoms with Crippen LogP contribution in [-0.4, -0.2) is 17.1 Å². The summed E-state index contributed by atoms with van der Waals surface area (Å²) in [6.45, 7) is 6.27. The molecule has 3 heteroatoms. The fourth-order valence-electron chi connectivity index (χ4n) is 3.17. The van der Waals surface area contributed by atoms with Crippen molar-refractivity contribution in [1.29, 1.82) is 0 Å². The minimum Gasteiger partial charge on any atom is -0.507 e. The molecule has 1 aliphatic rings. The highest BCUT2D eigenvalue weighted by molar-refractivity contribution is 5.97. The van der Waals surface area contributed by atoms with Gasteiger partial charge in [0.15, 0.2) is 0 Å². The molecule has 1 saturated carbocycles. The van der Waals surface area contributed by atoms with E-state index < -0.39 is 0 Å². The maximum Gasteiger partial charge on any atom is 0.255 e. The lowest BCUT2D eigenvalue weighted by molar-refractivity contribution is 0.0908. The molecular weight excluding hydrogens is 238 g/mol. The Morgan fingerprint density at radius 3 is 2.47 bits per heavy atom. The van der Waals surface area contributed by atoms with Crippen LogP contribution in [0.2, 0.25) is 0 Å². The van der Waals surface area contributed by atoms with Gasteiger partial charge < -0.3 is 10.4 Å². The summed E-state index contributed by atoms with van der Waals surface area (Å²) >= 11 is 0. The fraction of sp³-hybridized carbons (Fsp3) is 0.562. The first-order valence-electron chi connectivity index (χ1n) is 7.06. The smallest absolute Gasteiger partial charge is 0.255 e. The molecule has 104 valence electrons. The van der Waals surface area contributed by atoms with Crippen molar-refractivity contribution in [2.45, 2.75) is 46.1 Å². The van der Waals surface area contributed by atoms with Crippen LogP contribution in [0, 0.1) is 18.8 Å². The van der Waals surface area contributed by atoms with E-state index in [9.17, 15) is 9.90 Å². The van der Waals surface area contributed by atoms with Crippen molar-refractivity contribution in [3.05, 3.63) is 29.3 Å². The summed E-state index contributed by atoms with van der Waals surface area (Å²) in [6, 6.07) is 5.51. The van der Waals surface area contributed by atoms with Crippen molar-refractivity contribution in [3.63, 3.8) is 0 Å². The highest BCUT2D eigenvalue weighted by atomic mass is 16.3. The molecule has 19 heavy (non-hydrogen) atoms. The second-order valence-electron chi connectivity index (χ2n) is 6.06. The fourth-order valence-corrected chi connectivity index (χ4v) is 3.17. The Hall–Kier alpha value is -1.51. The predicted octanol–water partition coefficient (Wildman–Crippen LogP) is 3.26. The van der Waals surface area contributed by atoms with Crippen molar-refractivity contribution < 1.29 is 9.90 Å². The van der Waals surface area contributed by atoms with Crippen LogP contribution in [0.15, 0.2) is 18.2 Å². The summed E-state index contributed by atoms with van der Waals surface area (Å²) < 4.78 is 0. The van der Waals surface area contributed by atoms with E-state index in [0.717, 1.165) is 18.4 Å². The molecule has 1 aliphatic carbocycles. The van der Waals surface area contributed by atoms with Crippen molar-refractivity contribution in [3.8, 4) is 5.75 Å². The van der Waals surface area contributed by atoms with Crippen LogP contribution < -0.4 is 5.32 Å². The number of phenols is 1. The number of para-hydroxylation sites is 1. The van der Waals surface area contributed by atoms with Gasteiger partial charge in [0, 0.05) is 6.04 Å². The van der Waals surface area contributed by atoms with Crippen LogP contribution in [0.25, 0.3) is 0 Å². The lowest BCUT2D eigenvalue weighted by atomic mass is 9.80. The Labute approximate surface area is 115 Å². The number of hydrogen-bond donors (Lipinski definition) is 2. The largest absolute Gasteiger partial charge is 0.507 e. The molecule has 0 aromatic heterocycles. The predicted molar refractivity (Wildman–Crippen MR) is 76.3 cm³/mol. The molecule has 2 atom stereocenters. The summed E-state index contributed by atoms with van der Waals surface area (Å²) in [6.07, 6.45) is 3.30. The van der Waals surface area contributed by atoms with Crippen LogP contribution in [-0.2, 0) is 0 Å². The molecule has 0 spiro atoms. The van der Waals surface area contributed by atoms with Crippen molar-refractivity contribution in [1.82, 2.24) is 5.32 Å². The molecule has 0 heterocycles. The SMILES string of the molecule is Cc1cccc(C(=O)NC2CC(C)CC(C)C2)c1O. The number of phenolic OH excluding ortho intramolecular Hbond substituents is 1. The van der Waals surface area contributed by atoms with Gasteiger partial charge in [-0.2, -0.15) is 0 Å². The van der Waals surface area contributed by atoms with E-state index in [2.05, 4.69) is 19.2 Å². The number of amides is 1. The van der Waals surface area contributed by atoms with Gasteiger partial charge in [0.2, 0.25) is 0 Å². The van der Waals surface area contributed by atoms with E-state index in [-0.39, 0.29) is 17.7 Å². The minimum atomic E-state index is -0.160. The third kappa shape index (κ3) is 3.28. The highest BCUT2D eigenvalue weighted by Gasteiger charge is 2.26. The third-order valence-corrected chi connectivity index (χ3v) is 4.00. The molecule has 0 saturated heterocycles. The van der Waals surface area contributed by atoms with Crippen molar-refractivity contribution in [2.75, 3.05) is 0 Å². The average molecular weight is 261 g/mol. The molecule has 1 aromatic rings. The molecule has 1 fully saturated rings. The van der Waals surface area contributed by atoms with E-state index in [0.29, 0.717) is 17.4 Å². The second-order valence-corrected chi connectivity index (χ2v) is 6.06. The van der Waals surface area contributed by atoms with Crippen LogP contribution in [0.1, 0.15) is 49.0 Å². The summed E-state index contributed by atoms with van der Waals surface area (Å²) in [7, 11) is 0. The van der Waals surface area contributed by atoms with Gasteiger partial charge in [-0.25, -0.2) is 0 Å². The second kappa shape index (κ2) is 5.64. The van der Waals surface area contributed by atoms with E-state index in [4.69, 9.17) is 0 Å². The number of hydrogen-bond acceptors (Lipinski definition) is 2. The van der Waals surface area contributed by atoms with E-state index in [1.807, 2.05) is 0 Å². The number of carbonyl (C=O) groups is 1. The minimum absolute atomic E-state index is 0.0944. The van der Waals surface area contributed by atoms with E-state index >= 15 is 0 Å². The first-order chi connectivity index (χ1) is 8.97. The molecule has 2 unspecified atom stereocenters. The van der Waals surface area contributed by atoms with E-state index in [1.165, 1.54) is 6.42 Å². The van der Waals surface area contributed by atoms with Gasteiger partial charge in [0.1, 0.15) is 5.75 Å². The monoisotopic (exact) mass is 261 g/mol. The first kappa shape index (κ1) is 13.9. The number of rotatable bonds is 2. The Morgan fingerprint density at radius 2 is 1.84 bits per heavy atom. The van der Waals surface area contributed by atoms with Crippen LogP contribution in [0.5, 0.6) is 5.75 Å². The van der Waals surface area contributed by atoms with Gasteiger partial charge in [-0.15, -0.1) is 0 Å². The van der Waals surface area contributed by atoms with Gasteiger partial charge in [-0.05, 0) is 49.7 Å². The maximum atomic E-state index is 12.2. The van der Waals surface area contributed by atoms with Crippen molar-refractivity contribution in [2.24, 2.45) is 11.8 Å². The Balaban J connectivity index is 2.06. The molecule has 1 amide bonds. The normalized spacial score (nSPS) is 27.0. The summed E-state index contributed by atoms with van der Waals surface area (Å²) in [5.74, 6) is 1.24. The zero-order valence-corrected chi connectivity index (χ0v) is 11.9.